The number of hydrogen-bond donors (Lipinski definition) is 5. The predicted octanol–water partition coefficient (Wildman–Crippen LogP) is 1.88. The van der Waals surface area contributed by atoms with Gasteiger partial charge in [0.05, 0.1) is 47.6 Å². The number of Topliss-reactive ketones (excluding diaryl/α,β-unsaturated/α-hetero) is 1. The summed E-state index contributed by atoms with van der Waals surface area (Å²) in [5, 5.41) is 57.4. The second-order valence-electron chi connectivity index (χ2n) is 16.7. The number of esters is 1. The van der Waals surface area contributed by atoms with E-state index in [1.807, 2.05) is 11.8 Å². The third-order valence-corrected chi connectivity index (χ3v) is 11.8. The van der Waals surface area contributed by atoms with Crippen molar-refractivity contribution in [2.75, 3.05) is 21.2 Å². The minimum absolute atomic E-state index is 0.0296. The maximum atomic E-state index is 16.8. The SMILES string of the molecule is CC[C@H]1OC(=O)[C@H](C)[C@@H](O[C@@H]2C[C@@](C)(OC)[C@@H](O)[C@H](C)O2)[C@H](C)[C@@H](O[C@@H]2O[C@H](C)C[C@H](N(C)C)[C@H]2O)[C@](C)(O)C[C@](C)(F)C(=O)[C@H](C)[C@@H](O)[C@@]1(C)O. The average Bonchev–Trinajstić information content (AvgIpc) is 3.05. The zero-order chi connectivity index (χ0) is 39.9. The van der Waals surface area contributed by atoms with Gasteiger partial charge in [0.2, 0.25) is 0 Å². The van der Waals surface area contributed by atoms with Crippen molar-refractivity contribution in [2.45, 2.75) is 185 Å². The molecule has 3 fully saturated rings. The first-order valence-corrected chi connectivity index (χ1v) is 18.5. The molecule has 15 heteroatoms. The molecular formula is C37H66FNO13. The van der Waals surface area contributed by atoms with Crippen molar-refractivity contribution >= 4 is 11.8 Å². The summed E-state index contributed by atoms with van der Waals surface area (Å²) in [6.07, 6.45) is -11.9. The average molecular weight is 752 g/mol. The smallest absolute Gasteiger partial charge is 0.311 e. The van der Waals surface area contributed by atoms with E-state index in [1.54, 1.807) is 41.8 Å². The molecular weight excluding hydrogens is 685 g/mol. The predicted molar refractivity (Wildman–Crippen MR) is 187 cm³/mol. The van der Waals surface area contributed by atoms with Crippen LogP contribution in [-0.2, 0) is 38.0 Å². The Balaban J connectivity index is 2.22. The highest BCUT2D eigenvalue weighted by Gasteiger charge is 2.56. The molecule has 0 aromatic rings. The van der Waals surface area contributed by atoms with Gasteiger partial charge in [-0.2, -0.15) is 0 Å². The van der Waals surface area contributed by atoms with Crippen molar-refractivity contribution in [3.63, 3.8) is 0 Å². The summed E-state index contributed by atoms with van der Waals surface area (Å²) < 4.78 is 53.4. The zero-order valence-corrected chi connectivity index (χ0v) is 33.2. The van der Waals surface area contributed by atoms with Gasteiger partial charge in [-0.25, -0.2) is 4.39 Å². The van der Waals surface area contributed by atoms with E-state index in [4.69, 9.17) is 28.4 Å². The fourth-order valence-corrected chi connectivity index (χ4v) is 8.45. The highest BCUT2D eigenvalue weighted by atomic mass is 19.1. The van der Waals surface area contributed by atoms with Crippen LogP contribution in [0.25, 0.3) is 0 Å². The van der Waals surface area contributed by atoms with Crippen LogP contribution in [0.1, 0.15) is 94.9 Å². The number of halogens is 1. The summed E-state index contributed by atoms with van der Waals surface area (Å²) in [4.78, 5) is 29.6. The number of methoxy groups -OCH3 is 1. The van der Waals surface area contributed by atoms with E-state index < -0.39 is 120 Å². The standard InChI is InChI=1S/C37H66FNO13/c1-14-24-37(10,46)29(42)21(5)28(41)34(7,38)17-35(8,45)31(52-33-26(40)23(39(11)12)15-18(2)48-33)19(3)27(20(4)32(44)50-24)51-25-16-36(9,47-13)30(43)22(6)49-25/h18-27,29-31,33,40,42-43,45-46H,14-17H2,1-13H3/t18-,19+,20-,21+,22+,23+,24-,25-,26-,27+,29-,30+,31-,33+,34+,35-,36-,37+/m1/s1. The number of aliphatic hydroxyl groups is 5. The summed E-state index contributed by atoms with van der Waals surface area (Å²) in [6.45, 7) is 14.7. The van der Waals surface area contributed by atoms with Gasteiger partial charge < -0.3 is 58.9 Å². The van der Waals surface area contributed by atoms with Crippen LogP contribution in [0.2, 0.25) is 0 Å². The molecule has 0 amide bonds. The van der Waals surface area contributed by atoms with Crippen LogP contribution in [0, 0.1) is 17.8 Å². The number of cyclic esters (lactones) is 1. The Bertz CT molecular complexity index is 1220. The lowest BCUT2D eigenvalue weighted by Gasteiger charge is -2.49. The van der Waals surface area contributed by atoms with Crippen LogP contribution in [0.3, 0.4) is 0 Å². The van der Waals surface area contributed by atoms with Gasteiger partial charge in [0, 0.05) is 37.8 Å². The van der Waals surface area contributed by atoms with Gasteiger partial charge in [-0.05, 0) is 75.4 Å². The molecule has 0 bridgehead atoms. The van der Waals surface area contributed by atoms with Gasteiger partial charge in [0.15, 0.2) is 24.0 Å². The minimum atomic E-state index is -2.77. The molecule has 3 aliphatic heterocycles. The van der Waals surface area contributed by atoms with E-state index in [2.05, 4.69) is 0 Å². The van der Waals surface area contributed by atoms with Crippen molar-refractivity contribution in [3.05, 3.63) is 0 Å². The molecule has 14 nitrogen and oxygen atoms in total. The molecule has 304 valence electrons. The summed E-state index contributed by atoms with van der Waals surface area (Å²) in [6, 6.07) is -0.405. The van der Waals surface area contributed by atoms with Gasteiger partial charge in [-0.1, -0.05) is 20.8 Å². The second kappa shape index (κ2) is 16.8. The van der Waals surface area contributed by atoms with Crippen LogP contribution in [-0.4, -0.2) is 153 Å². The Hall–Kier alpha value is -1.37. The van der Waals surface area contributed by atoms with Crippen molar-refractivity contribution in [2.24, 2.45) is 17.8 Å². The van der Waals surface area contributed by atoms with Crippen molar-refractivity contribution in [1.82, 2.24) is 4.90 Å². The lowest BCUT2D eigenvalue weighted by molar-refractivity contribution is -0.318. The Morgan fingerprint density at radius 3 is 2.06 bits per heavy atom. The molecule has 0 saturated carbocycles. The van der Waals surface area contributed by atoms with E-state index in [1.165, 1.54) is 34.8 Å². The molecule has 18 atom stereocenters. The zero-order valence-electron chi connectivity index (χ0n) is 33.2. The van der Waals surface area contributed by atoms with Crippen LogP contribution in [0.4, 0.5) is 4.39 Å². The minimum Gasteiger partial charge on any atom is -0.459 e. The molecule has 3 saturated heterocycles. The molecule has 5 N–H and O–H groups in total. The number of hydrogen-bond acceptors (Lipinski definition) is 14. The topological polar surface area (TPSA) is 194 Å². The summed E-state index contributed by atoms with van der Waals surface area (Å²) >= 11 is 0. The first-order chi connectivity index (χ1) is 23.7. The number of alkyl halides is 1. The number of rotatable bonds is 7. The molecule has 0 aliphatic carbocycles. The van der Waals surface area contributed by atoms with E-state index in [9.17, 15) is 35.1 Å². The lowest BCUT2D eigenvalue weighted by Crippen LogP contribution is -2.62. The van der Waals surface area contributed by atoms with Gasteiger partial charge in [-0.15, -0.1) is 0 Å². The molecule has 3 aliphatic rings. The fourth-order valence-electron chi connectivity index (χ4n) is 8.45. The monoisotopic (exact) mass is 751 g/mol. The molecule has 3 heterocycles. The third-order valence-electron chi connectivity index (χ3n) is 11.8. The molecule has 3 rings (SSSR count). The Morgan fingerprint density at radius 2 is 1.52 bits per heavy atom. The van der Waals surface area contributed by atoms with Crippen molar-refractivity contribution < 1.29 is 67.9 Å². The second-order valence-corrected chi connectivity index (χ2v) is 16.7. The van der Waals surface area contributed by atoms with Crippen molar-refractivity contribution in [3.8, 4) is 0 Å². The Kier molecular flexibility index (Phi) is 14.5. The summed E-state index contributed by atoms with van der Waals surface area (Å²) in [5.74, 6) is -5.61. The largest absolute Gasteiger partial charge is 0.459 e. The molecule has 52 heavy (non-hydrogen) atoms. The molecule has 0 aromatic carbocycles. The number of aliphatic hydroxyl groups excluding tert-OH is 3. The van der Waals surface area contributed by atoms with E-state index in [0.29, 0.717) is 6.42 Å². The van der Waals surface area contributed by atoms with Crippen molar-refractivity contribution in [1.29, 1.82) is 0 Å². The first-order valence-electron chi connectivity index (χ1n) is 18.5. The maximum Gasteiger partial charge on any atom is 0.311 e. The van der Waals surface area contributed by atoms with Crippen LogP contribution in [0.15, 0.2) is 0 Å². The van der Waals surface area contributed by atoms with Gasteiger partial charge in [-0.3, -0.25) is 9.59 Å². The maximum absolute atomic E-state index is 16.8. The highest BCUT2D eigenvalue weighted by molar-refractivity contribution is 5.89. The lowest BCUT2D eigenvalue weighted by atomic mass is 9.73. The molecule has 0 radical (unpaired) electrons. The van der Waals surface area contributed by atoms with E-state index >= 15 is 4.39 Å². The first kappa shape index (κ1) is 45.0. The summed E-state index contributed by atoms with van der Waals surface area (Å²) in [5.41, 5.74) is -8.26. The molecule has 0 aromatic heterocycles. The molecule has 0 spiro atoms. The number of nitrogens with zero attached hydrogens (tertiary/aromatic N) is 1. The number of ketones is 1. The van der Waals surface area contributed by atoms with Gasteiger partial charge >= 0.3 is 5.97 Å². The quantitative estimate of drug-likeness (QED) is 0.237. The number of carbonyl (C=O) groups excluding carboxylic acids is 2. The number of carbonyl (C=O) groups is 2. The normalized spacial score (nSPS) is 50.5. The van der Waals surface area contributed by atoms with E-state index in [-0.39, 0.29) is 18.9 Å². The van der Waals surface area contributed by atoms with Crippen LogP contribution in [0.5, 0.6) is 0 Å². The summed E-state index contributed by atoms with van der Waals surface area (Å²) in [7, 11) is 5.04. The number of ether oxygens (including phenoxy) is 6. The van der Waals surface area contributed by atoms with Crippen LogP contribution < -0.4 is 0 Å². The third kappa shape index (κ3) is 9.35. The Labute approximate surface area is 308 Å². The Morgan fingerprint density at radius 1 is 0.923 bits per heavy atom. The van der Waals surface area contributed by atoms with E-state index in [0.717, 1.165) is 6.92 Å². The van der Waals surface area contributed by atoms with Gasteiger partial charge in [0.1, 0.15) is 23.9 Å². The molecule has 0 unspecified atom stereocenters. The van der Waals surface area contributed by atoms with Crippen LogP contribution >= 0.6 is 0 Å². The number of likely N-dealkylation sites (N-methyl/N-ethyl adjacent to an activating group) is 1. The van der Waals surface area contributed by atoms with Gasteiger partial charge in [0.25, 0.3) is 0 Å². The highest BCUT2D eigenvalue weighted by Crippen LogP contribution is 2.42. The fraction of sp³-hybridized carbons (Fsp3) is 0.946.